The molecule has 2 aromatic heterocycles. The molecule has 3 nitrogen and oxygen atoms in total. The van der Waals surface area contributed by atoms with Crippen molar-refractivity contribution in [1.29, 1.82) is 0 Å². The Morgan fingerprint density at radius 1 is 0.375 bits per heavy atom. The van der Waals surface area contributed by atoms with E-state index in [-0.39, 0.29) is 0 Å². The second-order valence-electron chi connectivity index (χ2n) is 17.4. The molecule has 0 spiro atoms. The molecule has 0 unspecified atom stereocenters. The van der Waals surface area contributed by atoms with Gasteiger partial charge in [0, 0.05) is 38.5 Å². The Bertz CT molecular complexity index is 3570. The predicted molar refractivity (Wildman–Crippen MR) is 271 cm³/mol. The van der Waals surface area contributed by atoms with E-state index in [1.807, 2.05) is 0 Å². The summed E-state index contributed by atoms with van der Waals surface area (Å²) in [5.41, 5.74) is 18.5. The molecule has 64 heavy (non-hydrogen) atoms. The van der Waals surface area contributed by atoms with E-state index in [2.05, 4.69) is 242 Å². The lowest BCUT2D eigenvalue weighted by Gasteiger charge is -2.19. The van der Waals surface area contributed by atoms with Crippen molar-refractivity contribution in [2.45, 2.75) is 13.1 Å². The van der Waals surface area contributed by atoms with Gasteiger partial charge in [-0.3, -0.25) is 0 Å². The fourth-order valence-corrected chi connectivity index (χ4v) is 12.9. The van der Waals surface area contributed by atoms with Gasteiger partial charge in [-0.15, -0.1) is 0 Å². The lowest BCUT2D eigenvalue weighted by molar-refractivity contribution is 1.18. The number of hydrogen-bond donors (Lipinski definition) is 0. The van der Waals surface area contributed by atoms with Crippen molar-refractivity contribution in [3.63, 3.8) is 0 Å². The summed E-state index contributed by atoms with van der Waals surface area (Å²) in [4.78, 5) is 10.9. The van der Waals surface area contributed by atoms with Gasteiger partial charge in [-0.1, -0.05) is 195 Å². The first-order valence-corrected chi connectivity index (χ1v) is 25.1. The molecular weight excluding hydrogens is 791 g/mol. The molecule has 0 bridgehead atoms. The van der Waals surface area contributed by atoms with Crippen LogP contribution in [0.3, 0.4) is 0 Å². The Morgan fingerprint density at radius 3 is 1.62 bits per heavy atom. The van der Waals surface area contributed by atoms with Crippen LogP contribution in [-0.4, -0.2) is 22.6 Å². The molecule has 3 heterocycles. The second-order valence-corrected chi connectivity index (χ2v) is 21.6. The van der Waals surface area contributed by atoms with Gasteiger partial charge in [-0.25, -0.2) is 9.97 Å². The summed E-state index contributed by atoms with van der Waals surface area (Å²) in [7, 11) is -2.09. The van der Waals surface area contributed by atoms with Crippen LogP contribution in [0.4, 0.5) is 0 Å². The molecule has 0 fully saturated rings. The van der Waals surface area contributed by atoms with Crippen molar-refractivity contribution in [1.82, 2.24) is 14.5 Å². The summed E-state index contributed by atoms with van der Waals surface area (Å²) in [6.07, 6.45) is 0. The molecule has 0 saturated carbocycles. The smallest absolute Gasteiger partial charge is 0.159 e. The van der Waals surface area contributed by atoms with E-state index in [1.165, 1.54) is 76.8 Å². The highest BCUT2D eigenvalue weighted by molar-refractivity contribution is 7.03. The molecule has 11 aromatic rings. The minimum Gasteiger partial charge on any atom is -0.309 e. The molecule has 1 aliphatic rings. The van der Waals surface area contributed by atoms with E-state index >= 15 is 0 Å². The van der Waals surface area contributed by atoms with Crippen molar-refractivity contribution < 1.29 is 0 Å². The molecule has 0 aliphatic carbocycles. The van der Waals surface area contributed by atoms with E-state index in [0.29, 0.717) is 0 Å². The third-order valence-corrected chi connectivity index (χ3v) is 16.5. The van der Waals surface area contributed by atoms with Crippen LogP contribution in [0.1, 0.15) is 0 Å². The molecule has 302 valence electrons. The van der Waals surface area contributed by atoms with Gasteiger partial charge in [0.15, 0.2) is 5.82 Å². The van der Waals surface area contributed by atoms with Crippen LogP contribution in [0.2, 0.25) is 13.1 Å². The summed E-state index contributed by atoms with van der Waals surface area (Å²) >= 11 is 0. The summed E-state index contributed by atoms with van der Waals surface area (Å²) in [6.45, 7) is 4.85. The average molecular weight is 834 g/mol. The lowest BCUT2D eigenvalue weighted by Crippen LogP contribution is -2.50. The molecule has 0 atom stereocenters. The van der Waals surface area contributed by atoms with Crippen LogP contribution in [0.5, 0.6) is 0 Å². The summed E-state index contributed by atoms with van der Waals surface area (Å²) in [5.74, 6) is 0.770. The maximum atomic E-state index is 5.47. The van der Waals surface area contributed by atoms with Gasteiger partial charge in [0.05, 0.1) is 16.7 Å². The first kappa shape index (κ1) is 37.8. The fourth-order valence-electron chi connectivity index (χ4n) is 10.0. The zero-order valence-corrected chi connectivity index (χ0v) is 36.7. The summed E-state index contributed by atoms with van der Waals surface area (Å²) < 4.78 is 2.44. The van der Waals surface area contributed by atoms with E-state index in [1.54, 1.807) is 0 Å². The minimum atomic E-state index is -2.09. The van der Waals surface area contributed by atoms with Gasteiger partial charge in [-0.2, -0.15) is 0 Å². The largest absolute Gasteiger partial charge is 0.309 e. The van der Waals surface area contributed by atoms with Crippen molar-refractivity contribution in [3.05, 3.63) is 224 Å². The third-order valence-electron chi connectivity index (χ3n) is 13.2. The normalized spacial score (nSPS) is 12.7. The van der Waals surface area contributed by atoms with E-state index in [4.69, 9.17) is 9.97 Å². The molecule has 0 N–H and O–H groups in total. The second kappa shape index (κ2) is 15.2. The Kier molecular flexibility index (Phi) is 8.96. The number of nitrogens with zero attached hydrogens (tertiary/aromatic N) is 3. The van der Waals surface area contributed by atoms with Crippen LogP contribution < -0.4 is 10.5 Å². The minimum absolute atomic E-state index is 0.770. The summed E-state index contributed by atoms with van der Waals surface area (Å²) in [6, 6.07) is 81.2. The lowest BCUT2D eigenvalue weighted by atomic mass is 9.94. The first-order valence-electron chi connectivity index (χ1n) is 22.1. The highest BCUT2D eigenvalue weighted by Gasteiger charge is 2.41. The monoisotopic (exact) mass is 833 g/mol. The van der Waals surface area contributed by atoms with Crippen LogP contribution in [-0.2, 0) is 0 Å². The Hall–Kier alpha value is -7.92. The highest BCUT2D eigenvalue weighted by atomic mass is 28.3. The zero-order valence-electron chi connectivity index (χ0n) is 35.7. The van der Waals surface area contributed by atoms with Crippen molar-refractivity contribution in [2.75, 3.05) is 0 Å². The van der Waals surface area contributed by atoms with Gasteiger partial charge in [0.2, 0.25) is 0 Å². The number of benzene rings is 9. The average Bonchev–Trinajstić information content (AvgIpc) is 3.82. The maximum Gasteiger partial charge on any atom is 0.159 e. The number of rotatable bonds is 7. The standard InChI is InChI=1S/C60H43N3Si/c1-64(2)55-33-13-12-30-51(55)57-58(42-22-10-5-11-23-42)61-59(62-60(57)64)48-28-15-25-44(37-48)43-24-14-27-47(36-43)50-31-17-32-54-56(50)52-39-46(41-20-8-4-9-21-41)34-35-53(52)63(54)49-29-16-26-45(38-49)40-18-6-3-7-19-40/h3-39H,1-2H3. The number of aromatic nitrogens is 3. The van der Waals surface area contributed by atoms with Gasteiger partial charge in [0.1, 0.15) is 8.07 Å². The van der Waals surface area contributed by atoms with Gasteiger partial charge in [-0.05, 0) is 97.7 Å². The molecule has 0 radical (unpaired) electrons. The molecule has 4 heteroatoms. The van der Waals surface area contributed by atoms with Crippen LogP contribution >= 0.6 is 0 Å². The molecule has 0 saturated heterocycles. The molecule has 1 aliphatic heterocycles. The zero-order chi connectivity index (χ0) is 42.8. The van der Waals surface area contributed by atoms with Crippen molar-refractivity contribution in [2.24, 2.45) is 0 Å². The van der Waals surface area contributed by atoms with Crippen molar-refractivity contribution in [3.8, 4) is 84.0 Å². The Labute approximate surface area is 374 Å². The van der Waals surface area contributed by atoms with Gasteiger partial charge < -0.3 is 4.57 Å². The highest BCUT2D eigenvalue weighted by Crippen LogP contribution is 2.42. The van der Waals surface area contributed by atoms with Gasteiger partial charge in [0.25, 0.3) is 0 Å². The van der Waals surface area contributed by atoms with Gasteiger partial charge >= 0.3 is 0 Å². The SMILES string of the molecule is C[Si]1(C)c2ccccc2-c2c(-c3ccccc3)nc(-c3cccc(-c4cccc(-c5cccc6c5c5cc(-c7ccccc7)ccc5n6-c5cccc(-c6ccccc6)c5)c4)c3)nc21. The van der Waals surface area contributed by atoms with Crippen LogP contribution in [0.25, 0.3) is 106 Å². The molecule has 12 rings (SSSR count). The Balaban J connectivity index is 1.00. The Morgan fingerprint density at radius 2 is 0.906 bits per heavy atom. The molecule has 9 aromatic carbocycles. The fraction of sp³-hybridized carbons (Fsp3) is 0.0333. The van der Waals surface area contributed by atoms with Crippen molar-refractivity contribution >= 4 is 40.4 Å². The maximum absolute atomic E-state index is 5.47. The van der Waals surface area contributed by atoms with E-state index < -0.39 is 8.07 Å². The van der Waals surface area contributed by atoms with E-state index in [9.17, 15) is 0 Å². The van der Waals surface area contributed by atoms with Crippen LogP contribution in [0.15, 0.2) is 224 Å². The first-order chi connectivity index (χ1) is 31.5. The quantitative estimate of drug-likeness (QED) is 0.150. The topological polar surface area (TPSA) is 30.7 Å². The number of fused-ring (bicyclic) bond motifs is 6. The molecule has 0 amide bonds. The molecular formula is C60H43N3Si. The predicted octanol–water partition coefficient (Wildman–Crippen LogP) is 14.4. The number of hydrogen-bond acceptors (Lipinski definition) is 2. The summed E-state index contributed by atoms with van der Waals surface area (Å²) in [5, 5.41) is 5.09. The van der Waals surface area contributed by atoms with Crippen LogP contribution in [0, 0.1) is 0 Å². The van der Waals surface area contributed by atoms with E-state index in [0.717, 1.165) is 39.5 Å². The third kappa shape index (κ3) is 6.25.